The van der Waals surface area contributed by atoms with Gasteiger partial charge in [-0.3, -0.25) is 4.98 Å². The van der Waals surface area contributed by atoms with Crippen molar-refractivity contribution in [2.75, 3.05) is 0 Å². The average Bonchev–Trinajstić information content (AvgIpc) is 2.36. The van der Waals surface area contributed by atoms with Crippen molar-refractivity contribution in [2.24, 2.45) is 0 Å². The van der Waals surface area contributed by atoms with Crippen LogP contribution in [0.3, 0.4) is 0 Å². The summed E-state index contributed by atoms with van der Waals surface area (Å²) in [4.78, 5) is 4.22. The van der Waals surface area contributed by atoms with E-state index in [2.05, 4.69) is 4.98 Å². The van der Waals surface area contributed by atoms with Crippen LogP contribution in [0.2, 0.25) is 0 Å². The monoisotopic (exact) mass is 217 g/mol. The van der Waals surface area contributed by atoms with Crippen LogP contribution < -0.4 is 0 Å². The molecule has 3 heteroatoms. The Labute approximate surface area is 94.4 Å². The van der Waals surface area contributed by atoms with E-state index >= 15 is 0 Å². The summed E-state index contributed by atoms with van der Waals surface area (Å²) < 4.78 is 0. The van der Waals surface area contributed by atoms with E-state index in [4.69, 9.17) is 0 Å². The zero-order valence-electron chi connectivity index (χ0n) is 9.17. The largest absolute Gasteiger partial charge is 0.390 e. The van der Waals surface area contributed by atoms with Crippen LogP contribution in [0.25, 0.3) is 10.9 Å². The molecule has 1 heterocycles. The van der Waals surface area contributed by atoms with Gasteiger partial charge in [-0.05, 0) is 24.1 Å². The Kier molecular flexibility index (Phi) is 3.17. The van der Waals surface area contributed by atoms with Gasteiger partial charge in [0.05, 0.1) is 11.6 Å². The molecule has 0 fully saturated rings. The molecule has 2 aromatic rings. The summed E-state index contributed by atoms with van der Waals surface area (Å²) in [6.07, 6.45) is 0.688. The van der Waals surface area contributed by atoms with Gasteiger partial charge in [-0.15, -0.1) is 0 Å². The molecule has 16 heavy (non-hydrogen) atoms. The highest BCUT2D eigenvalue weighted by atomic mass is 16.3. The fourth-order valence-corrected chi connectivity index (χ4v) is 1.71. The Balaban J connectivity index is 2.39. The fraction of sp³-hybridized carbons (Fsp3) is 0.308. The number of aliphatic hydroxyl groups excluding tert-OH is 2. The number of hydrogen-bond donors (Lipinski definition) is 2. The lowest BCUT2D eigenvalue weighted by molar-refractivity contribution is 0.0165. The standard InChI is InChI=1S/C13H15NO2/c1-2-12(15)13(16)10-6-5-9-4-3-7-14-11(9)8-10/h3-8,12-13,15-16H,2H2,1H3. The van der Waals surface area contributed by atoms with Crippen LogP contribution in [0, 0.1) is 0 Å². The molecule has 0 spiro atoms. The first kappa shape index (κ1) is 11.0. The first-order chi connectivity index (χ1) is 7.72. The number of nitrogens with zero attached hydrogens (tertiary/aromatic N) is 1. The maximum Gasteiger partial charge on any atom is 0.105 e. The quantitative estimate of drug-likeness (QED) is 0.827. The molecule has 1 aromatic heterocycles. The van der Waals surface area contributed by atoms with Crippen LogP contribution in [0.5, 0.6) is 0 Å². The minimum Gasteiger partial charge on any atom is -0.390 e. The Morgan fingerprint density at radius 2 is 2.06 bits per heavy atom. The van der Waals surface area contributed by atoms with Crippen LogP contribution in [0.4, 0.5) is 0 Å². The highest BCUT2D eigenvalue weighted by Crippen LogP contribution is 2.22. The Morgan fingerprint density at radius 3 is 2.81 bits per heavy atom. The van der Waals surface area contributed by atoms with Crippen molar-refractivity contribution in [3.8, 4) is 0 Å². The van der Waals surface area contributed by atoms with Crippen molar-refractivity contribution >= 4 is 10.9 Å². The van der Waals surface area contributed by atoms with Crippen LogP contribution in [-0.4, -0.2) is 21.3 Å². The topological polar surface area (TPSA) is 53.4 Å². The van der Waals surface area contributed by atoms with Gasteiger partial charge in [0.15, 0.2) is 0 Å². The van der Waals surface area contributed by atoms with Gasteiger partial charge >= 0.3 is 0 Å². The summed E-state index contributed by atoms with van der Waals surface area (Å²) in [6, 6.07) is 9.39. The molecular formula is C13H15NO2. The van der Waals surface area contributed by atoms with Crippen molar-refractivity contribution < 1.29 is 10.2 Å². The average molecular weight is 217 g/mol. The molecule has 2 rings (SSSR count). The lowest BCUT2D eigenvalue weighted by Gasteiger charge is -2.16. The van der Waals surface area contributed by atoms with E-state index in [1.807, 2.05) is 37.3 Å². The van der Waals surface area contributed by atoms with Crippen molar-refractivity contribution in [1.29, 1.82) is 0 Å². The molecule has 1 aromatic carbocycles. The van der Waals surface area contributed by atoms with Gasteiger partial charge in [0.1, 0.15) is 6.10 Å². The number of fused-ring (bicyclic) bond motifs is 1. The molecule has 0 amide bonds. The third kappa shape index (κ3) is 2.05. The van der Waals surface area contributed by atoms with Gasteiger partial charge in [0.2, 0.25) is 0 Å². The maximum absolute atomic E-state index is 9.87. The van der Waals surface area contributed by atoms with E-state index in [1.54, 1.807) is 6.20 Å². The molecule has 0 bridgehead atoms. The third-order valence-corrected chi connectivity index (χ3v) is 2.75. The van der Waals surface area contributed by atoms with Gasteiger partial charge in [0.25, 0.3) is 0 Å². The molecule has 0 saturated heterocycles. The smallest absolute Gasteiger partial charge is 0.105 e. The first-order valence-corrected chi connectivity index (χ1v) is 5.43. The summed E-state index contributed by atoms with van der Waals surface area (Å²) in [6.45, 7) is 1.84. The van der Waals surface area contributed by atoms with E-state index in [1.165, 1.54) is 0 Å². The Bertz CT molecular complexity index is 484. The minimum absolute atomic E-state index is 0.529. The van der Waals surface area contributed by atoms with Crippen LogP contribution in [0.1, 0.15) is 25.0 Å². The highest BCUT2D eigenvalue weighted by molar-refractivity contribution is 5.78. The highest BCUT2D eigenvalue weighted by Gasteiger charge is 2.16. The van der Waals surface area contributed by atoms with Gasteiger partial charge in [-0.2, -0.15) is 0 Å². The van der Waals surface area contributed by atoms with Gasteiger partial charge in [0, 0.05) is 11.6 Å². The van der Waals surface area contributed by atoms with Crippen molar-refractivity contribution in [3.05, 3.63) is 42.1 Å². The SMILES string of the molecule is CCC(O)C(O)c1ccc2cccnc2c1. The summed E-state index contributed by atoms with van der Waals surface area (Å²) >= 11 is 0. The van der Waals surface area contributed by atoms with Crippen molar-refractivity contribution in [1.82, 2.24) is 4.98 Å². The number of aliphatic hydroxyl groups is 2. The molecule has 0 aliphatic heterocycles. The van der Waals surface area contributed by atoms with E-state index < -0.39 is 12.2 Å². The van der Waals surface area contributed by atoms with Gasteiger partial charge < -0.3 is 10.2 Å². The zero-order valence-corrected chi connectivity index (χ0v) is 9.17. The molecule has 2 atom stereocenters. The number of benzene rings is 1. The summed E-state index contributed by atoms with van der Waals surface area (Å²) in [5, 5.41) is 20.5. The van der Waals surface area contributed by atoms with E-state index in [0.29, 0.717) is 12.0 Å². The number of pyridine rings is 1. The number of aromatic nitrogens is 1. The second kappa shape index (κ2) is 4.60. The molecule has 0 aliphatic carbocycles. The second-order valence-electron chi connectivity index (χ2n) is 3.88. The van der Waals surface area contributed by atoms with Crippen LogP contribution >= 0.6 is 0 Å². The fourth-order valence-electron chi connectivity index (χ4n) is 1.71. The van der Waals surface area contributed by atoms with Crippen molar-refractivity contribution in [2.45, 2.75) is 25.6 Å². The van der Waals surface area contributed by atoms with Gasteiger partial charge in [-0.25, -0.2) is 0 Å². The summed E-state index contributed by atoms with van der Waals surface area (Å²) in [5.74, 6) is 0. The molecular weight excluding hydrogens is 202 g/mol. The first-order valence-electron chi connectivity index (χ1n) is 5.43. The zero-order chi connectivity index (χ0) is 11.5. The van der Waals surface area contributed by atoms with Crippen molar-refractivity contribution in [3.63, 3.8) is 0 Å². The van der Waals surface area contributed by atoms with Crippen LogP contribution in [0.15, 0.2) is 36.5 Å². The van der Waals surface area contributed by atoms with E-state index in [0.717, 1.165) is 10.9 Å². The molecule has 2 unspecified atom stereocenters. The molecule has 0 saturated carbocycles. The van der Waals surface area contributed by atoms with Gasteiger partial charge in [-0.1, -0.05) is 25.1 Å². The molecule has 84 valence electrons. The minimum atomic E-state index is -0.837. The predicted molar refractivity (Wildman–Crippen MR) is 63.0 cm³/mol. The maximum atomic E-state index is 9.87. The lowest BCUT2D eigenvalue weighted by Crippen LogP contribution is -2.16. The van der Waals surface area contributed by atoms with E-state index in [9.17, 15) is 10.2 Å². The summed E-state index contributed by atoms with van der Waals surface area (Å²) in [7, 11) is 0. The van der Waals surface area contributed by atoms with Crippen LogP contribution in [-0.2, 0) is 0 Å². The molecule has 3 nitrogen and oxygen atoms in total. The Hall–Kier alpha value is -1.45. The Morgan fingerprint density at radius 1 is 1.25 bits per heavy atom. The third-order valence-electron chi connectivity index (χ3n) is 2.75. The van der Waals surface area contributed by atoms with E-state index in [-0.39, 0.29) is 0 Å². The number of hydrogen-bond acceptors (Lipinski definition) is 3. The predicted octanol–water partition coefficient (Wildman–Crippen LogP) is 2.04. The molecule has 0 aliphatic rings. The molecule has 0 radical (unpaired) electrons. The second-order valence-corrected chi connectivity index (χ2v) is 3.88. The lowest BCUT2D eigenvalue weighted by atomic mass is 10.0. The summed E-state index contributed by atoms with van der Waals surface area (Å²) in [5.41, 5.74) is 1.54. The number of rotatable bonds is 3. The normalized spacial score (nSPS) is 14.9. The molecule has 2 N–H and O–H groups in total.